The molecule has 1 aromatic rings. The van der Waals surface area contributed by atoms with E-state index in [0.29, 0.717) is 22.9 Å². The predicted octanol–water partition coefficient (Wildman–Crippen LogP) is 4.05. The van der Waals surface area contributed by atoms with Crippen molar-refractivity contribution in [1.82, 2.24) is 5.32 Å². The molecule has 1 atom stereocenters. The van der Waals surface area contributed by atoms with Crippen LogP contribution in [0.5, 0.6) is 0 Å². The van der Waals surface area contributed by atoms with Gasteiger partial charge in [0.2, 0.25) is 0 Å². The van der Waals surface area contributed by atoms with E-state index in [1.54, 1.807) is 12.1 Å². The normalized spacial score (nSPS) is 12.7. The van der Waals surface area contributed by atoms with E-state index >= 15 is 0 Å². The summed E-state index contributed by atoms with van der Waals surface area (Å²) >= 11 is 5.98. The molecule has 3 heteroatoms. The topological polar surface area (TPSA) is 12.0 Å². The largest absolute Gasteiger partial charge is 0.316 e. The molecule has 0 bridgehead atoms. The molecule has 17 heavy (non-hydrogen) atoms. The van der Waals surface area contributed by atoms with Gasteiger partial charge in [-0.2, -0.15) is 0 Å². The third-order valence-corrected chi connectivity index (χ3v) is 3.22. The molecule has 96 valence electrons. The summed E-state index contributed by atoms with van der Waals surface area (Å²) in [5.74, 6) is 0.350. The molecule has 0 radical (unpaired) electrons. The first-order chi connectivity index (χ1) is 8.15. The van der Waals surface area contributed by atoms with Crippen LogP contribution in [0.25, 0.3) is 0 Å². The van der Waals surface area contributed by atoms with Crippen molar-refractivity contribution in [3.05, 3.63) is 34.6 Å². The van der Waals surface area contributed by atoms with E-state index in [0.717, 1.165) is 25.9 Å². The molecule has 0 aliphatic rings. The Kier molecular flexibility index (Phi) is 6.53. The highest BCUT2D eigenvalue weighted by atomic mass is 35.5. The second kappa shape index (κ2) is 7.67. The Labute approximate surface area is 108 Å². The van der Waals surface area contributed by atoms with Gasteiger partial charge in [-0.05, 0) is 50.4 Å². The first-order valence-electron chi connectivity index (χ1n) is 6.28. The Morgan fingerprint density at radius 1 is 1.41 bits per heavy atom. The van der Waals surface area contributed by atoms with Crippen LogP contribution in [0.1, 0.15) is 32.3 Å². The fourth-order valence-corrected chi connectivity index (χ4v) is 2.05. The summed E-state index contributed by atoms with van der Waals surface area (Å²) in [4.78, 5) is 0. The van der Waals surface area contributed by atoms with Crippen molar-refractivity contribution in [2.45, 2.75) is 33.1 Å². The number of halogens is 2. The quantitative estimate of drug-likeness (QED) is 0.727. The van der Waals surface area contributed by atoms with Gasteiger partial charge >= 0.3 is 0 Å². The molecule has 0 heterocycles. The summed E-state index contributed by atoms with van der Waals surface area (Å²) in [7, 11) is 0. The maximum absolute atomic E-state index is 13.5. The van der Waals surface area contributed by atoms with Crippen LogP contribution in [0.3, 0.4) is 0 Å². The van der Waals surface area contributed by atoms with Crippen LogP contribution in [0.2, 0.25) is 5.02 Å². The van der Waals surface area contributed by atoms with Gasteiger partial charge in [0.15, 0.2) is 0 Å². The number of benzene rings is 1. The van der Waals surface area contributed by atoms with Crippen LogP contribution in [0.15, 0.2) is 18.2 Å². The Morgan fingerprint density at radius 2 is 2.18 bits per heavy atom. The lowest BCUT2D eigenvalue weighted by molar-refractivity contribution is 0.476. The number of rotatable bonds is 7. The monoisotopic (exact) mass is 257 g/mol. The Balaban J connectivity index is 2.39. The molecule has 1 aromatic carbocycles. The summed E-state index contributed by atoms with van der Waals surface area (Å²) in [5, 5.41) is 3.91. The van der Waals surface area contributed by atoms with Gasteiger partial charge in [0.05, 0.1) is 0 Å². The smallest absolute Gasteiger partial charge is 0.127 e. The van der Waals surface area contributed by atoms with Crippen molar-refractivity contribution in [3.63, 3.8) is 0 Å². The van der Waals surface area contributed by atoms with E-state index in [1.165, 1.54) is 6.07 Å². The van der Waals surface area contributed by atoms with Crippen molar-refractivity contribution in [1.29, 1.82) is 0 Å². The molecular weight excluding hydrogens is 237 g/mol. The fraction of sp³-hybridized carbons (Fsp3) is 0.571. The molecule has 0 saturated carbocycles. The summed E-state index contributed by atoms with van der Waals surface area (Å²) in [6.07, 6.45) is 2.81. The highest BCUT2D eigenvalue weighted by Gasteiger charge is 2.09. The second-order valence-electron chi connectivity index (χ2n) is 4.55. The lowest BCUT2D eigenvalue weighted by Gasteiger charge is -2.13. The zero-order valence-corrected chi connectivity index (χ0v) is 11.4. The third kappa shape index (κ3) is 5.05. The zero-order chi connectivity index (χ0) is 12.7. The maximum atomic E-state index is 13.5. The molecular formula is C14H21ClFN. The minimum atomic E-state index is -0.189. The minimum Gasteiger partial charge on any atom is -0.316 e. The van der Waals surface area contributed by atoms with Crippen LogP contribution in [0, 0.1) is 11.7 Å². The summed E-state index contributed by atoms with van der Waals surface area (Å²) in [5.41, 5.74) is 0.650. The first kappa shape index (κ1) is 14.5. The summed E-state index contributed by atoms with van der Waals surface area (Å²) in [6, 6.07) is 4.87. The van der Waals surface area contributed by atoms with Crippen LogP contribution in [-0.4, -0.2) is 13.1 Å². The summed E-state index contributed by atoms with van der Waals surface area (Å²) < 4.78 is 13.5. The van der Waals surface area contributed by atoms with Gasteiger partial charge in [0.1, 0.15) is 5.82 Å². The lowest BCUT2D eigenvalue weighted by Crippen LogP contribution is -2.22. The second-order valence-corrected chi connectivity index (χ2v) is 4.96. The highest BCUT2D eigenvalue weighted by molar-refractivity contribution is 6.31. The van der Waals surface area contributed by atoms with Gasteiger partial charge < -0.3 is 5.32 Å². The van der Waals surface area contributed by atoms with Gasteiger partial charge in [0.25, 0.3) is 0 Å². The Hall–Kier alpha value is -0.600. The molecule has 1 N–H and O–H groups in total. The van der Waals surface area contributed by atoms with Crippen molar-refractivity contribution in [3.8, 4) is 0 Å². The highest BCUT2D eigenvalue weighted by Crippen LogP contribution is 2.21. The number of hydrogen-bond acceptors (Lipinski definition) is 1. The van der Waals surface area contributed by atoms with Gasteiger partial charge in [-0.3, -0.25) is 0 Å². The molecule has 0 aliphatic carbocycles. The lowest BCUT2D eigenvalue weighted by atomic mass is 10.0. The standard InChI is InChI=1S/C14H21ClFN/c1-3-9-17-10-11(2)7-8-12-13(15)5-4-6-14(12)16/h4-6,11,17H,3,7-10H2,1-2H3. The predicted molar refractivity (Wildman–Crippen MR) is 72.1 cm³/mol. The van der Waals surface area contributed by atoms with E-state index in [9.17, 15) is 4.39 Å². The van der Waals surface area contributed by atoms with E-state index < -0.39 is 0 Å². The molecule has 1 rings (SSSR count). The van der Waals surface area contributed by atoms with Crippen molar-refractivity contribution in [2.75, 3.05) is 13.1 Å². The Bertz CT molecular complexity index is 321. The Morgan fingerprint density at radius 3 is 2.82 bits per heavy atom. The van der Waals surface area contributed by atoms with Crippen LogP contribution in [-0.2, 0) is 6.42 Å². The van der Waals surface area contributed by atoms with E-state index in [4.69, 9.17) is 11.6 Å². The first-order valence-corrected chi connectivity index (χ1v) is 6.66. The van der Waals surface area contributed by atoms with Gasteiger partial charge in [-0.1, -0.05) is 31.5 Å². The summed E-state index contributed by atoms with van der Waals surface area (Å²) in [6.45, 7) is 6.36. The molecule has 0 fully saturated rings. The van der Waals surface area contributed by atoms with E-state index in [2.05, 4.69) is 19.2 Å². The fourth-order valence-electron chi connectivity index (χ4n) is 1.79. The maximum Gasteiger partial charge on any atom is 0.127 e. The molecule has 0 saturated heterocycles. The molecule has 1 unspecified atom stereocenters. The zero-order valence-electron chi connectivity index (χ0n) is 10.6. The van der Waals surface area contributed by atoms with Gasteiger partial charge in [-0.25, -0.2) is 4.39 Å². The van der Waals surface area contributed by atoms with E-state index in [1.807, 2.05) is 0 Å². The van der Waals surface area contributed by atoms with Crippen molar-refractivity contribution < 1.29 is 4.39 Å². The van der Waals surface area contributed by atoms with Crippen LogP contribution in [0.4, 0.5) is 4.39 Å². The van der Waals surface area contributed by atoms with Gasteiger partial charge in [-0.15, -0.1) is 0 Å². The van der Waals surface area contributed by atoms with Crippen molar-refractivity contribution >= 4 is 11.6 Å². The van der Waals surface area contributed by atoms with E-state index in [-0.39, 0.29) is 5.82 Å². The molecule has 0 spiro atoms. The number of hydrogen-bond donors (Lipinski definition) is 1. The molecule has 0 aliphatic heterocycles. The van der Waals surface area contributed by atoms with Crippen molar-refractivity contribution in [2.24, 2.45) is 5.92 Å². The number of nitrogens with one attached hydrogen (secondary N) is 1. The molecule has 1 nitrogen and oxygen atoms in total. The molecule has 0 amide bonds. The van der Waals surface area contributed by atoms with Crippen LogP contribution < -0.4 is 5.32 Å². The van der Waals surface area contributed by atoms with Gasteiger partial charge in [0, 0.05) is 10.6 Å². The molecule has 0 aromatic heterocycles. The average molecular weight is 258 g/mol. The average Bonchev–Trinajstić information content (AvgIpc) is 2.29. The van der Waals surface area contributed by atoms with Crippen LogP contribution >= 0.6 is 11.6 Å². The SMILES string of the molecule is CCCNCC(C)CCc1c(F)cccc1Cl. The third-order valence-electron chi connectivity index (χ3n) is 2.87. The minimum absolute atomic E-state index is 0.189.